The zero-order chi connectivity index (χ0) is 34.2. The van der Waals surface area contributed by atoms with E-state index in [-0.39, 0.29) is 11.1 Å². The summed E-state index contributed by atoms with van der Waals surface area (Å²) in [7, 11) is 2.64. The van der Waals surface area contributed by atoms with Crippen molar-refractivity contribution in [1.82, 2.24) is 4.90 Å². The number of benzene rings is 2. The summed E-state index contributed by atoms with van der Waals surface area (Å²) in [6, 6.07) is 4.40. The summed E-state index contributed by atoms with van der Waals surface area (Å²) < 4.78 is 46.8. The monoisotopic (exact) mass is 647 g/mol. The number of Topliss-reactive ketones (excluding diaryl/α,β-unsaturated/α-hetero) is 2. The first-order chi connectivity index (χ1) is 21.3. The molecule has 8 N–H and O–H groups in total. The first-order valence-corrected chi connectivity index (χ1v) is 13.7. The van der Waals surface area contributed by atoms with Gasteiger partial charge in [-0.25, -0.2) is 4.79 Å². The minimum atomic E-state index is -5.04. The smallest absolute Gasteiger partial charge is 0.418 e. The summed E-state index contributed by atoms with van der Waals surface area (Å²) in [6.07, 6.45) is -8.48. The molecule has 0 unspecified atom stereocenters. The molecular weight excluding hydrogens is 619 g/mol. The Kier molecular flexibility index (Phi) is 7.56. The molecule has 2 aromatic carbocycles. The Labute approximate surface area is 258 Å². The quantitative estimate of drug-likeness (QED) is 0.189. The summed E-state index contributed by atoms with van der Waals surface area (Å²) in [5.74, 6) is -11.9. The number of hydrogen-bond acceptors (Lipinski definition) is 11. The molecule has 5 rings (SSSR count). The van der Waals surface area contributed by atoms with E-state index < -0.39 is 111 Å². The number of amides is 2. The first-order valence-electron chi connectivity index (χ1n) is 13.7. The minimum Gasteiger partial charge on any atom is -0.508 e. The largest absolute Gasteiger partial charge is 0.508 e. The topological polar surface area (TPSA) is 220 Å². The number of rotatable bonds is 4. The van der Waals surface area contributed by atoms with Gasteiger partial charge < -0.3 is 36.0 Å². The molecule has 0 radical (unpaired) electrons. The molecule has 16 heteroatoms. The Morgan fingerprint density at radius 2 is 1.72 bits per heavy atom. The summed E-state index contributed by atoms with van der Waals surface area (Å²) in [6.45, 7) is 1.52. The van der Waals surface area contributed by atoms with Gasteiger partial charge >= 0.3 is 12.3 Å². The van der Waals surface area contributed by atoms with Crippen molar-refractivity contribution in [2.75, 3.05) is 19.4 Å². The Bertz CT molecular complexity index is 1770. The predicted molar refractivity (Wildman–Crippen MR) is 151 cm³/mol. The first kappa shape index (κ1) is 32.3. The molecule has 6 atom stereocenters. The molecule has 13 nitrogen and oxygen atoms in total. The molecule has 0 heterocycles. The SMILES string of the molecule is C[C@H]1c2cccc(O)c2C(O)=C2C(=O)[C@]3(O)C(O)=C(C(N)=O)C(=O)[C@@H](N(C)C)[C@@H]3[C@@H](OC(=O)Nc3ccc(O)cc3C(F)(F)F)[C@@H]21. The zero-order valence-corrected chi connectivity index (χ0v) is 24.3. The number of nitrogens with one attached hydrogen (secondary N) is 1. The van der Waals surface area contributed by atoms with E-state index in [2.05, 4.69) is 0 Å². The maximum absolute atomic E-state index is 14.2. The predicted octanol–water partition coefficient (Wildman–Crippen LogP) is 2.48. The van der Waals surface area contributed by atoms with Crippen LogP contribution in [-0.4, -0.2) is 85.8 Å². The molecule has 2 aromatic rings. The molecule has 0 bridgehead atoms. The van der Waals surface area contributed by atoms with Gasteiger partial charge in [0.05, 0.1) is 28.8 Å². The van der Waals surface area contributed by atoms with Gasteiger partial charge in [-0.15, -0.1) is 0 Å². The van der Waals surface area contributed by atoms with Gasteiger partial charge in [-0.2, -0.15) is 13.2 Å². The molecule has 0 saturated heterocycles. The number of fused-ring (bicyclic) bond motifs is 3. The van der Waals surface area contributed by atoms with Crippen LogP contribution in [0.25, 0.3) is 5.76 Å². The lowest BCUT2D eigenvalue weighted by molar-refractivity contribution is -0.169. The average molecular weight is 648 g/mol. The number of phenolic OH excluding ortho intramolecular Hbond substituents is 2. The second-order valence-corrected chi connectivity index (χ2v) is 11.5. The van der Waals surface area contributed by atoms with Crippen LogP contribution in [0.4, 0.5) is 23.7 Å². The highest BCUT2D eigenvalue weighted by molar-refractivity contribution is 6.24. The number of halogens is 3. The molecule has 0 spiro atoms. The number of ketones is 2. The fourth-order valence-electron chi connectivity index (χ4n) is 6.83. The third-order valence-electron chi connectivity index (χ3n) is 8.75. The second kappa shape index (κ2) is 10.8. The fraction of sp³-hybridized carbons (Fsp3) is 0.333. The summed E-state index contributed by atoms with van der Waals surface area (Å²) in [5, 5.41) is 56.7. The van der Waals surface area contributed by atoms with Crippen LogP contribution in [0.2, 0.25) is 0 Å². The number of aliphatic hydroxyl groups is 3. The number of aromatic hydroxyl groups is 2. The Hall–Kier alpha value is -5.09. The third-order valence-corrected chi connectivity index (χ3v) is 8.75. The highest BCUT2D eigenvalue weighted by Gasteiger charge is 2.69. The van der Waals surface area contributed by atoms with Gasteiger partial charge in [-0.1, -0.05) is 19.1 Å². The van der Waals surface area contributed by atoms with E-state index in [1.165, 1.54) is 44.1 Å². The van der Waals surface area contributed by atoms with E-state index in [0.29, 0.717) is 6.07 Å². The Morgan fingerprint density at radius 3 is 2.30 bits per heavy atom. The van der Waals surface area contributed by atoms with E-state index in [1.807, 2.05) is 5.32 Å². The maximum Gasteiger partial charge on any atom is 0.418 e. The van der Waals surface area contributed by atoms with Crippen molar-refractivity contribution in [2.45, 2.75) is 36.8 Å². The molecule has 244 valence electrons. The molecule has 1 fully saturated rings. The molecule has 3 aliphatic carbocycles. The molecule has 46 heavy (non-hydrogen) atoms. The molecule has 0 aromatic heterocycles. The van der Waals surface area contributed by atoms with Gasteiger partial charge in [0.2, 0.25) is 5.78 Å². The van der Waals surface area contributed by atoms with Crippen molar-refractivity contribution in [1.29, 1.82) is 0 Å². The molecule has 1 saturated carbocycles. The van der Waals surface area contributed by atoms with Gasteiger partial charge in [-0.3, -0.25) is 24.6 Å². The van der Waals surface area contributed by atoms with Crippen LogP contribution in [0.3, 0.4) is 0 Å². The second-order valence-electron chi connectivity index (χ2n) is 11.5. The number of anilines is 1. The summed E-state index contributed by atoms with van der Waals surface area (Å²) in [5.41, 5.74) is -1.93. The van der Waals surface area contributed by atoms with Crippen molar-refractivity contribution >= 4 is 35.0 Å². The number of phenols is 2. The van der Waals surface area contributed by atoms with Crippen LogP contribution in [-0.2, 0) is 25.3 Å². The lowest BCUT2D eigenvalue weighted by atomic mass is 9.54. The standard InChI is InChI=1S/C30H28F3N3O10/c1-10-12-5-4-6-15(38)17(12)22(39)18-16(10)24(46-28(44)35-14-8-7-11(37)9-13(14)30(31,32)33)20-21(36(2)3)23(40)19(27(34)43)26(42)29(20,45)25(18)41/h4-10,16,20-21,24,37-39,42,45H,1-3H3,(H2,34,43)(H,35,44)/t10-,16+,20+,21-,24-,29-/m0/s1. The van der Waals surface area contributed by atoms with E-state index in [0.717, 1.165) is 12.1 Å². The number of nitrogens with zero attached hydrogens (tertiary/aromatic N) is 1. The normalized spacial score (nSPS) is 27.6. The number of nitrogens with two attached hydrogens (primary N) is 1. The van der Waals surface area contributed by atoms with Crippen molar-refractivity contribution in [2.24, 2.45) is 17.6 Å². The number of hydrogen-bond donors (Lipinski definition) is 7. The van der Waals surface area contributed by atoms with Crippen molar-refractivity contribution < 1.29 is 62.6 Å². The van der Waals surface area contributed by atoms with E-state index in [4.69, 9.17) is 10.5 Å². The number of alkyl halides is 3. The summed E-state index contributed by atoms with van der Waals surface area (Å²) >= 11 is 0. The Morgan fingerprint density at radius 1 is 1.07 bits per heavy atom. The Balaban J connectivity index is 1.75. The van der Waals surface area contributed by atoms with Gasteiger partial charge in [0.1, 0.15) is 34.7 Å². The minimum absolute atomic E-state index is 0.214. The van der Waals surface area contributed by atoms with Gasteiger partial charge in [0.25, 0.3) is 5.91 Å². The van der Waals surface area contributed by atoms with Crippen molar-refractivity contribution in [3.05, 3.63) is 70.0 Å². The zero-order valence-electron chi connectivity index (χ0n) is 24.3. The van der Waals surface area contributed by atoms with Crippen LogP contribution < -0.4 is 11.1 Å². The maximum atomic E-state index is 14.2. The van der Waals surface area contributed by atoms with Crippen LogP contribution in [0.1, 0.15) is 29.5 Å². The molecular formula is C30H28F3N3O10. The van der Waals surface area contributed by atoms with Crippen LogP contribution in [0.15, 0.2) is 53.3 Å². The average Bonchev–Trinajstić information content (AvgIpc) is 2.94. The summed E-state index contributed by atoms with van der Waals surface area (Å²) in [4.78, 5) is 54.7. The molecule has 0 aliphatic heterocycles. The van der Waals surface area contributed by atoms with Crippen LogP contribution in [0.5, 0.6) is 11.5 Å². The number of ether oxygens (including phenoxy) is 1. The molecule has 2 amide bonds. The van der Waals surface area contributed by atoms with Crippen molar-refractivity contribution in [3.8, 4) is 11.5 Å². The lowest BCUT2D eigenvalue weighted by Gasteiger charge is -2.54. The highest BCUT2D eigenvalue weighted by atomic mass is 19.4. The van der Waals surface area contributed by atoms with Gasteiger partial charge in [0, 0.05) is 11.5 Å². The van der Waals surface area contributed by atoms with E-state index in [9.17, 15) is 57.9 Å². The lowest BCUT2D eigenvalue weighted by Crippen LogP contribution is -2.71. The number of likely N-dealkylation sites (N-methyl/N-ethyl adjacent to an activating group) is 1. The van der Waals surface area contributed by atoms with Crippen LogP contribution >= 0.6 is 0 Å². The number of carbonyl (C=O) groups is 4. The number of primary amides is 1. The fourth-order valence-corrected chi connectivity index (χ4v) is 6.83. The van der Waals surface area contributed by atoms with Gasteiger partial charge in [-0.05, 0) is 49.8 Å². The molecule has 3 aliphatic rings. The van der Waals surface area contributed by atoms with E-state index >= 15 is 0 Å². The van der Waals surface area contributed by atoms with Crippen molar-refractivity contribution in [3.63, 3.8) is 0 Å². The highest BCUT2D eigenvalue weighted by Crippen LogP contribution is 2.57. The van der Waals surface area contributed by atoms with Gasteiger partial charge in [0.15, 0.2) is 11.4 Å². The third kappa shape index (κ3) is 4.63. The van der Waals surface area contributed by atoms with E-state index in [1.54, 1.807) is 0 Å². The number of aliphatic hydroxyl groups excluding tert-OH is 2. The number of carbonyl (C=O) groups excluding carboxylic acids is 4. The van der Waals surface area contributed by atoms with Crippen LogP contribution in [0, 0.1) is 11.8 Å².